The maximum absolute atomic E-state index is 13.3. The number of rotatable bonds is 12. The number of nitro benzene ring substituents is 1. The van der Waals surface area contributed by atoms with E-state index in [4.69, 9.17) is 9.47 Å². The average Bonchev–Trinajstić information content (AvgIpc) is 3.11. The summed E-state index contributed by atoms with van der Waals surface area (Å²) in [5.41, 5.74) is 1.70. The van der Waals surface area contributed by atoms with Gasteiger partial charge in [-0.1, -0.05) is 18.2 Å². The van der Waals surface area contributed by atoms with Crippen LogP contribution in [0.4, 0.5) is 23.7 Å². The Labute approximate surface area is 255 Å². The van der Waals surface area contributed by atoms with Crippen LogP contribution in [-0.2, 0) is 46.6 Å². The predicted molar refractivity (Wildman–Crippen MR) is 153 cm³/mol. The standard InChI is InChI=1S/C31H30F3N3O8/c32-31(33,34)25-7-2-20(3-8-25)17-36-18-24-15-27(11-6-22(24)14-23(29(36)40)16-28(38)39)44-13-1-12-35-30(41)45-19-21-4-9-26(10-5-21)37(42)43/h2-11,15,23H,1,12-14,16-19H2,(H,35,41)(H,38,39). The number of fused-ring (bicyclic) bond motifs is 1. The largest absolute Gasteiger partial charge is 0.494 e. The van der Waals surface area contributed by atoms with E-state index < -0.39 is 40.6 Å². The number of alkyl halides is 3. The second kappa shape index (κ2) is 14.6. The van der Waals surface area contributed by atoms with E-state index in [-0.39, 0.29) is 51.4 Å². The molecule has 0 saturated heterocycles. The zero-order chi connectivity index (χ0) is 32.6. The summed E-state index contributed by atoms with van der Waals surface area (Å²) in [7, 11) is 0. The lowest BCUT2D eigenvalue weighted by Crippen LogP contribution is -2.35. The number of benzene rings is 3. The van der Waals surface area contributed by atoms with Crippen molar-refractivity contribution in [3.05, 3.63) is 105 Å². The Morgan fingerprint density at radius 1 is 1.02 bits per heavy atom. The molecule has 0 spiro atoms. The zero-order valence-corrected chi connectivity index (χ0v) is 23.9. The smallest absolute Gasteiger partial charge is 0.416 e. The number of hydrogen-bond donors (Lipinski definition) is 2. The van der Waals surface area contributed by atoms with Crippen molar-refractivity contribution >= 4 is 23.7 Å². The number of nitrogens with zero attached hydrogens (tertiary/aromatic N) is 2. The minimum absolute atomic E-state index is 0.00355. The number of ether oxygens (including phenoxy) is 2. The molecule has 1 atom stereocenters. The van der Waals surface area contributed by atoms with Gasteiger partial charge in [0.2, 0.25) is 5.91 Å². The second-order valence-electron chi connectivity index (χ2n) is 10.4. The van der Waals surface area contributed by atoms with Gasteiger partial charge in [0.25, 0.3) is 5.69 Å². The zero-order valence-electron chi connectivity index (χ0n) is 23.9. The van der Waals surface area contributed by atoms with E-state index >= 15 is 0 Å². The first-order valence-corrected chi connectivity index (χ1v) is 13.9. The molecule has 0 aliphatic carbocycles. The Balaban J connectivity index is 1.31. The molecule has 0 bridgehead atoms. The fourth-order valence-corrected chi connectivity index (χ4v) is 4.82. The van der Waals surface area contributed by atoms with Gasteiger partial charge in [0.15, 0.2) is 0 Å². The van der Waals surface area contributed by atoms with Crippen LogP contribution in [0.25, 0.3) is 0 Å². The first-order valence-electron chi connectivity index (χ1n) is 13.9. The summed E-state index contributed by atoms with van der Waals surface area (Å²) in [6.07, 6.45) is -4.91. The molecule has 0 radical (unpaired) electrons. The number of amides is 2. The molecule has 45 heavy (non-hydrogen) atoms. The summed E-state index contributed by atoms with van der Waals surface area (Å²) in [5.74, 6) is -1.87. The van der Waals surface area contributed by atoms with Crippen LogP contribution < -0.4 is 10.1 Å². The van der Waals surface area contributed by atoms with E-state index in [9.17, 15) is 42.8 Å². The quantitative estimate of drug-likeness (QED) is 0.152. The molecule has 3 aromatic carbocycles. The molecular formula is C31H30F3N3O8. The third kappa shape index (κ3) is 9.42. The molecular weight excluding hydrogens is 599 g/mol. The number of carbonyl (C=O) groups excluding carboxylic acids is 2. The van der Waals surface area contributed by atoms with Gasteiger partial charge in [0.05, 0.1) is 29.4 Å². The number of halogens is 3. The van der Waals surface area contributed by atoms with Crippen molar-refractivity contribution in [3.8, 4) is 5.75 Å². The van der Waals surface area contributed by atoms with E-state index in [0.717, 1.165) is 23.3 Å². The SMILES string of the molecule is O=C(O)CC1Cc2ccc(OCCCNC(=O)OCc3ccc([N+](=O)[O-])cc3)cc2CN(Cc2ccc(C(F)(F)F)cc2)C1=O. The first-order chi connectivity index (χ1) is 21.4. The molecule has 1 aliphatic heterocycles. The first kappa shape index (κ1) is 32.8. The van der Waals surface area contributed by atoms with Crippen molar-refractivity contribution in [1.29, 1.82) is 0 Å². The van der Waals surface area contributed by atoms with Gasteiger partial charge in [0, 0.05) is 31.8 Å². The maximum Gasteiger partial charge on any atom is 0.416 e. The number of hydrogen-bond acceptors (Lipinski definition) is 7. The van der Waals surface area contributed by atoms with Crippen LogP contribution in [0, 0.1) is 16.0 Å². The molecule has 238 valence electrons. The topological polar surface area (TPSA) is 148 Å². The Morgan fingerprint density at radius 3 is 2.36 bits per heavy atom. The summed E-state index contributed by atoms with van der Waals surface area (Å²) in [4.78, 5) is 48.4. The Hall–Kier alpha value is -5.14. The van der Waals surface area contributed by atoms with Crippen molar-refractivity contribution < 1.29 is 47.1 Å². The number of aliphatic carboxylic acids is 1. The Kier molecular flexibility index (Phi) is 10.6. The lowest BCUT2D eigenvalue weighted by molar-refractivity contribution is -0.384. The predicted octanol–water partition coefficient (Wildman–Crippen LogP) is 5.48. The normalized spacial score (nSPS) is 14.7. The highest BCUT2D eigenvalue weighted by molar-refractivity contribution is 5.84. The van der Waals surface area contributed by atoms with Crippen LogP contribution in [0.2, 0.25) is 0 Å². The molecule has 2 N–H and O–H groups in total. The summed E-state index contributed by atoms with van der Waals surface area (Å²) in [6.45, 7) is 0.545. The van der Waals surface area contributed by atoms with Crippen LogP contribution in [0.1, 0.15) is 40.7 Å². The number of nitrogens with one attached hydrogen (secondary N) is 1. The monoisotopic (exact) mass is 629 g/mol. The molecule has 1 aliphatic rings. The third-order valence-electron chi connectivity index (χ3n) is 7.12. The van der Waals surface area contributed by atoms with Gasteiger partial charge < -0.3 is 24.8 Å². The van der Waals surface area contributed by atoms with Crippen LogP contribution in [0.15, 0.2) is 66.7 Å². The van der Waals surface area contributed by atoms with Crippen molar-refractivity contribution in [2.75, 3.05) is 13.2 Å². The molecule has 0 saturated carbocycles. The molecule has 0 fully saturated rings. The van der Waals surface area contributed by atoms with E-state index in [1.165, 1.54) is 41.3 Å². The van der Waals surface area contributed by atoms with Crippen LogP contribution in [0.5, 0.6) is 5.75 Å². The molecule has 11 nitrogen and oxygen atoms in total. The van der Waals surface area contributed by atoms with Crippen molar-refractivity contribution in [3.63, 3.8) is 0 Å². The maximum atomic E-state index is 13.3. The van der Waals surface area contributed by atoms with Gasteiger partial charge in [-0.05, 0) is 71.5 Å². The molecule has 0 aromatic heterocycles. The summed E-state index contributed by atoms with van der Waals surface area (Å²) < 4.78 is 49.9. The van der Waals surface area contributed by atoms with Crippen molar-refractivity contribution in [2.24, 2.45) is 5.92 Å². The van der Waals surface area contributed by atoms with Crippen molar-refractivity contribution in [1.82, 2.24) is 10.2 Å². The van der Waals surface area contributed by atoms with Crippen LogP contribution in [-0.4, -0.2) is 46.1 Å². The highest BCUT2D eigenvalue weighted by atomic mass is 19.4. The van der Waals surface area contributed by atoms with Crippen molar-refractivity contribution in [2.45, 2.75) is 45.1 Å². The molecule has 4 rings (SSSR count). The Morgan fingerprint density at radius 2 is 1.71 bits per heavy atom. The fourth-order valence-electron chi connectivity index (χ4n) is 4.82. The minimum Gasteiger partial charge on any atom is -0.494 e. The van der Waals surface area contributed by atoms with E-state index in [2.05, 4.69) is 5.32 Å². The molecule has 1 unspecified atom stereocenters. The minimum atomic E-state index is -4.49. The van der Waals surface area contributed by atoms with E-state index in [0.29, 0.717) is 23.3 Å². The third-order valence-corrected chi connectivity index (χ3v) is 7.12. The van der Waals surface area contributed by atoms with Crippen LogP contribution in [0.3, 0.4) is 0 Å². The van der Waals surface area contributed by atoms with E-state index in [1.807, 2.05) is 0 Å². The Bertz CT molecular complexity index is 1530. The van der Waals surface area contributed by atoms with Gasteiger partial charge in [-0.2, -0.15) is 13.2 Å². The van der Waals surface area contributed by atoms with E-state index in [1.54, 1.807) is 18.2 Å². The summed E-state index contributed by atoms with van der Waals surface area (Å²) in [5, 5.41) is 22.7. The fraction of sp³-hybridized carbons (Fsp3) is 0.323. The summed E-state index contributed by atoms with van der Waals surface area (Å²) in [6, 6.07) is 15.3. The average molecular weight is 630 g/mol. The van der Waals surface area contributed by atoms with Gasteiger partial charge in [0.1, 0.15) is 12.4 Å². The molecule has 2 amide bonds. The number of carbonyl (C=O) groups is 3. The highest BCUT2D eigenvalue weighted by Gasteiger charge is 2.32. The second-order valence-corrected chi connectivity index (χ2v) is 10.4. The number of nitro groups is 1. The van der Waals surface area contributed by atoms with Gasteiger partial charge in [-0.25, -0.2) is 4.79 Å². The highest BCUT2D eigenvalue weighted by Crippen LogP contribution is 2.31. The van der Waals surface area contributed by atoms with Gasteiger partial charge in [-0.15, -0.1) is 0 Å². The lowest BCUT2D eigenvalue weighted by atomic mass is 9.94. The number of carboxylic acids is 1. The summed E-state index contributed by atoms with van der Waals surface area (Å²) >= 11 is 0. The van der Waals surface area contributed by atoms with Crippen LogP contribution >= 0.6 is 0 Å². The van der Waals surface area contributed by atoms with Gasteiger partial charge >= 0.3 is 18.2 Å². The van der Waals surface area contributed by atoms with Gasteiger partial charge in [-0.3, -0.25) is 19.7 Å². The number of carboxylic acid groups (broad SMARTS) is 1. The molecule has 1 heterocycles. The molecule has 3 aromatic rings. The number of alkyl carbamates (subject to hydrolysis) is 1. The number of non-ortho nitro benzene ring substituents is 1. The lowest BCUT2D eigenvalue weighted by Gasteiger charge is -2.24. The molecule has 14 heteroatoms.